The maximum atomic E-state index is 13.5. The van der Waals surface area contributed by atoms with Gasteiger partial charge < -0.3 is 20.1 Å². The predicted molar refractivity (Wildman–Crippen MR) is 241 cm³/mol. The van der Waals surface area contributed by atoms with Gasteiger partial charge in [0, 0.05) is 65.9 Å². The zero-order valence-corrected chi connectivity index (χ0v) is 38.2. The van der Waals surface area contributed by atoms with Gasteiger partial charge >= 0.3 is 0 Å². The third kappa shape index (κ3) is 9.42. The summed E-state index contributed by atoms with van der Waals surface area (Å²) < 4.78 is 12.5. The number of unbranched alkanes of at least 4 members (excludes halogenated alkanes) is 1. The number of amides is 2. The van der Waals surface area contributed by atoms with Crippen LogP contribution in [0.5, 0.6) is 11.5 Å². The molecule has 328 valence electrons. The number of hydrazine groups is 1. The molecule has 2 aromatic carbocycles. The molecule has 1 aliphatic carbocycles. The molecule has 61 heavy (non-hydrogen) atoms. The number of rotatable bonds is 12. The molecule has 4 aliphatic heterocycles. The highest BCUT2D eigenvalue weighted by Gasteiger charge is 2.64. The number of aliphatic imine (C=N–C) groups is 1. The molecule has 2 aromatic rings. The van der Waals surface area contributed by atoms with Gasteiger partial charge in [-0.05, 0) is 68.1 Å². The van der Waals surface area contributed by atoms with Crippen molar-refractivity contribution in [1.82, 2.24) is 37.0 Å². The normalized spacial score (nSPS) is 32.3. The van der Waals surface area contributed by atoms with E-state index < -0.39 is 0 Å². The Labute approximate surface area is 370 Å². The van der Waals surface area contributed by atoms with E-state index in [1.54, 1.807) is 18.2 Å². The van der Waals surface area contributed by atoms with Crippen molar-refractivity contribution in [3.8, 4) is 29.4 Å². The Bertz CT molecular complexity index is 2040. The van der Waals surface area contributed by atoms with Crippen molar-refractivity contribution < 1.29 is 19.1 Å². The highest BCUT2D eigenvalue weighted by Crippen LogP contribution is 2.56. The minimum atomic E-state index is -0.331. The highest BCUT2D eigenvalue weighted by molar-refractivity contribution is 8.00. The lowest BCUT2D eigenvalue weighted by Gasteiger charge is -2.63. The number of nitriles is 1. The van der Waals surface area contributed by atoms with E-state index in [9.17, 15) is 14.9 Å². The molecule has 0 bridgehead atoms. The van der Waals surface area contributed by atoms with E-state index in [0.29, 0.717) is 66.6 Å². The molecule has 7 rings (SSSR count). The topological polar surface area (TPSA) is 164 Å². The van der Waals surface area contributed by atoms with Gasteiger partial charge in [-0.25, -0.2) is 10.9 Å². The second kappa shape index (κ2) is 18.9. The summed E-state index contributed by atoms with van der Waals surface area (Å²) in [5, 5.41) is 23.3. The number of nitrogens with zero attached hydrogens (tertiary/aromatic N) is 3. The molecular weight excluding hydrogens is 810 g/mol. The summed E-state index contributed by atoms with van der Waals surface area (Å²) in [6.45, 7) is 19.4. The average Bonchev–Trinajstić information content (AvgIpc) is 3.71. The SMILES string of the molecule is CCNC(=O)C[C@@H]1N=C(c2ccc(OCCCC#CC3NCC(C(=O)NC4C(C)(C)C(Oc5ccc(C#N)c(Cl)c5)C4(C)C)CN3)cc2)C2C(C)C(C)SC2N2C(C)NNC12. The summed E-state index contributed by atoms with van der Waals surface area (Å²) in [5.74, 6) is 8.37. The lowest BCUT2D eigenvalue weighted by molar-refractivity contribution is -0.174. The molecule has 0 aromatic heterocycles. The minimum Gasteiger partial charge on any atom is -0.494 e. The molecule has 1 saturated carbocycles. The van der Waals surface area contributed by atoms with E-state index in [4.69, 9.17) is 26.1 Å². The fourth-order valence-electron chi connectivity index (χ4n) is 10.2. The molecule has 7 atom stereocenters. The molecule has 4 heterocycles. The Kier molecular flexibility index (Phi) is 14.0. The number of carbonyl (C=O) groups is 2. The number of benzene rings is 2. The van der Waals surface area contributed by atoms with E-state index in [0.717, 1.165) is 23.4 Å². The molecule has 5 aliphatic rings. The Balaban J connectivity index is 0.868. The minimum absolute atomic E-state index is 0.00108. The van der Waals surface area contributed by atoms with Crippen LogP contribution in [0.3, 0.4) is 0 Å². The van der Waals surface area contributed by atoms with Crippen LogP contribution in [0.2, 0.25) is 5.02 Å². The first-order valence-corrected chi connectivity index (χ1v) is 23.1. The van der Waals surface area contributed by atoms with E-state index in [1.165, 1.54) is 0 Å². The van der Waals surface area contributed by atoms with Crippen LogP contribution < -0.4 is 41.6 Å². The molecule has 6 N–H and O–H groups in total. The highest BCUT2D eigenvalue weighted by atomic mass is 35.5. The summed E-state index contributed by atoms with van der Waals surface area (Å²) >= 11 is 8.26. The second-order valence-corrected chi connectivity index (χ2v) is 20.2. The zero-order chi connectivity index (χ0) is 43.6. The fourth-order valence-corrected chi connectivity index (χ4v) is 12.2. The number of carbonyl (C=O) groups excluding carboxylic acids is 2. The largest absolute Gasteiger partial charge is 0.494 e. The molecule has 0 radical (unpaired) electrons. The first kappa shape index (κ1) is 45.2. The van der Waals surface area contributed by atoms with E-state index in [1.807, 2.05) is 30.8 Å². The van der Waals surface area contributed by atoms with Crippen molar-refractivity contribution in [1.29, 1.82) is 5.26 Å². The Morgan fingerprint density at radius 2 is 1.74 bits per heavy atom. The van der Waals surface area contributed by atoms with Gasteiger partial charge in [-0.1, -0.05) is 59.1 Å². The number of fused-ring (bicyclic) bond motifs is 3. The number of nitrogens with one attached hydrogen (secondary N) is 6. The third-order valence-electron chi connectivity index (χ3n) is 13.3. The van der Waals surface area contributed by atoms with Crippen LogP contribution in [-0.2, 0) is 9.59 Å². The van der Waals surface area contributed by atoms with Gasteiger partial charge in [-0.2, -0.15) is 5.26 Å². The molecular formula is C46H62ClN9O4S. The Hall–Kier alpha value is -3.86. The van der Waals surface area contributed by atoms with Gasteiger partial charge in [0.15, 0.2) is 0 Å². The molecule has 6 unspecified atom stereocenters. The van der Waals surface area contributed by atoms with Gasteiger partial charge in [0.25, 0.3) is 0 Å². The first-order valence-electron chi connectivity index (χ1n) is 21.8. The second-order valence-electron chi connectivity index (χ2n) is 18.3. The quantitative estimate of drug-likeness (QED) is 0.126. The lowest BCUT2D eigenvalue weighted by atomic mass is 9.49. The Morgan fingerprint density at radius 1 is 1.03 bits per heavy atom. The molecule has 4 fully saturated rings. The third-order valence-corrected chi connectivity index (χ3v) is 15.3. The van der Waals surface area contributed by atoms with E-state index >= 15 is 0 Å². The number of halogens is 1. The van der Waals surface area contributed by atoms with Gasteiger partial charge in [0.05, 0.1) is 53.3 Å². The number of ether oxygens (including phenoxy) is 2. The Morgan fingerprint density at radius 3 is 2.41 bits per heavy atom. The van der Waals surface area contributed by atoms with Crippen LogP contribution in [0.1, 0.15) is 85.8 Å². The molecule has 15 heteroatoms. The maximum Gasteiger partial charge on any atom is 0.225 e. The average molecular weight is 873 g/mol. The van der Waals surface area contributed by atoms with Crippen LogP contribution in [0.25, 0.3) is 0 Å². The van der Waals surface area contributed by atoms with Crippen LogP contribution in [0.15, 0.2) is 47.5 Å². The van der Waals surface area contributed by atoms with Crippen LogP contribution in [0, 0.1) is 51.8 Å². The summed E-state index contributed by atoms with van der Waals surface area (Å²) in [6, 6.07) is 15.1. The monoisotopic (exact) mass is 871 g/mol. The fraction of sp³-hybridized carbons (Fsp3) is 0.609. The van der Waals surface area contributed by atoms with Gasteiger partial charge in [0.1, 0.15) is 29.8 Å². The summed E-state index contributed by atoms with van der Waals surface area (Å²) in [6.07, 6.45) is 1.47. The molecule has 0 spiro atoms. The summed E-state index contributed by atoms with van der Waals surface area (Å²) in [4.78, 5) is 34.2. The standard InChI is InChI=1S/C46H62ClN9O4S/c1-9-49-37(57)22-35-40-55-54-28(4)56(40)42-38(26(2)27(3)61-42)39(52-35)29-14-17-32(18-15-29)59-20-12-10-11-13-36-50-24-31(25-51-36)41(58)53-43-45(5,6)44(46(43,7)8)60-33-19-16-30(23-48)34(47)21-33/h14-19,21,26-28,31,35-36,38,40,42-44,50-51,54-55H,9-10,12,20,22,24-25H2,1-8H3,(H,49,57)(H,53,58)/t26?,27?,28?,31?,35-,36?,38?,40?,42?,43?,44?/m0/s1. The van der Waals surface area contributed by atoms with Crippen molar-refractivity contribution >= 4 is 40.9 Å². The lowest BCUT2D eigenvalue weighted by Crippen LogP contribution is -2.75. The van der Waals surface area contributed by atoms with Crippen LogP contribution in [-0.4, -0.2) is 96.0 Å². The van der Waals surface area contributed by atoms with Gasteiger partial charge in [0.2, 0.25) is 11.8 Å². The molecule has 3 saturated heterocycles. The van der Waals surface area contributed by atoms with Crippen molar-refractivity contribution in [3.63, 3.8) is 0 Å². The first-order chi connectivity index (χ1) is 29.1. The predicted octanol–water partition coefficient (Wildman–Crippen LogP) is 5.00. The maximum absolute atomic E-state index is 13.5. The van der Waals surface area contributed by atoms with E-state index in [-0.39, 0.29) is 76.5 Å². The smallest absolute Gasteiger partial charge is 0.225 e. The number of hydrogen-bond acceptors (Lipinski definition) is 12. The number of thioether (sulfide) groups is 1. The van der Waals surface area contributed by atoms with Crippen molar-refractivity contribution in [2.24, 2.45) is 33.6 Å². The van der Waals surface area contributed by atoms with Gasteiger partial charge in [-0.3, -0.25) is 30.1 Å². The summed E-state index contributed by atoms with van der Waals surface area (Å²) in [5.41, 5.74) is 8.77. The van der Waals surface area contributed by atoms with Crippen LogP contribution in [0.4, 0.5) is 0 Å². The van der Waals surface area contributed by atoms with E-state index in [2.05, 4.69) is 116 Å². The number of hydrogen-bond donors (Lipinski definition) is 6. The van der Waals surface area contributed by atoms with Crippen molar-refractivity contribution in [2.75, 3.05) is 26.2 Å². The molecule has 13 nitrogen and oxygen atoms in total. The van der Waals surface area contributed by atoms with Crippen LogP contribution >= 0.6 is 23.4 Å². The molecule has 2 amide bonds. The van der Waals surface area contributed by atoms with Crippen molar-refractivity contribution in [2.45, 2.75) is 122 Å². The summed E-state index contributed by atoms with van der Waals surface area (Å²) in [7, 11) is 0. The zero-order valence-electron chi connectivity index (χ0n) is 36.6. The van der Waals surface area contributed by atoms with Crippen molar-refractivity contribution in [3.05, 3.63) is 58.6 Å². The van der Waals surface area contributed by atoms with Gasteiger partial charge in [-0.15, -0.1) is 17.7 Å².